The van der Waals surface area contributed by atoms with Crippen LogP contribution in [-0.2, 0) is 10.2 Å². The van der Waals surface area contributed by atoms with E-state index in [-0.39, 0.29) is 23.0 Å². The average Bonchev–Trinajstić information content (AvgIpc) is 2.64. The first kappa shape index (κ1) is 22.0. The van der Waals surface area contributed by atoms with Gasteiger partial charge >= 0.3 is 0 Å². The van der Waals surface area contributed by atoms with Crippen LogP contribution in [0.1, 0.15) is 103 Å². The van der Waals surface area contributed by atoms with Crippen LogP contribution in [0.15, 0.2) is 12.1 Å². The lowest BCUT2D eigenvalue weighted by atomic mass is 9.65. The van der Waals surface area contributed by atoms with Gasteiger partial charge in [-0.3, -0.25) is 4.79 Å². The SMILES string of the molecule is CCCCCCC(C)(C)c1cc(O)c2c(c1)OC(C)(C)[C@@H]1CCC(NC=O)C[C@@H]21. The van der Waals surface area contributed by atoms with E-state index in [9.17, 15) is 9.90 Å². The molecule has 1 aliphatic carbocycles. The molecule has 3 atom stereocenters. The molecule has 1 unspecified atom stereocenters. The lowest BCUT2D eigenvalue weighted by molar-refractivity contribution is -0.110. The van der Waals surface area contributed by atoms with Gasteiger partial charge in [-0.15, -0.1) is 0 Å². The van der Waals surface area contributed by atoms with E-state index in [1.165, 1.54) is 25.7 Å². The standard InChI is InChI=1S/C25H39NO3/c1-6-7-8-9-12-24(2,3)17-13-21(28)23-19-15-18(26-16-27)10-11-20(19)25(4,5)29-22(23)14-17/h13-14,16,18-20,28H,6-12,15H2,1-5H3,(H,26,27)/t18?,19-,20-/m1/s1. The van der Waals surface area contributed by atoms with Crippen molar-refractivity contribution in [1.29, 1.82) is 0 Å². The molecule has 2 N–H and O–H groups in total. The lowest BCUT2D eigenvalue weighted by Crippen LogP contribution is -2.49. The minimum atomic E-state index is -0.278. The molecule has 0 bridgehead atoms. The Morgan fingerprint density at radius 3 is 2.69 bits per heavy atom. The molecule has 0 saturated heterocycles. The predicted molar refractivity (Wildman–Crippen MR) is 118 cm³/mol. The molecule has 0 aromatic heterocycles. The number of fused-ring (bicyclic) bond motifs is 3. The number of hydrogen-bond donors (Lipinski definition) is 2. The summed E-state index contributed by atoms with van der Waals surface area (Å²) in [5.41, 5.74) is 1.81. The summed E-state index contributed by atoms with van der Waals surface area (Å²) in [6, 6.07) is 4.31. The van der Waals surface area contributed by atoms with Crippen molar-refractivity contribution in [2.45, 2.75) is 109 Å². The molecule has 1 aromatic carbocycles. The number of carbonyl (C=O) groups is 1. The van der Waals surface area contributed by atoms with E-state index >= 15 is 0 Å². The van der Waals surface area contributed by atoms with E-state index in [1.807, 2.05) is 6.07 Å². The summed E-state index contributed by atoms with van der Waals surface area (Å²) >= 11 is 0. The Hall–Kier alpha value is -1.71. The van der Waals surface area contributed by atoms with Gasteiger partial charge in [0.2, 0.25) is 6.41 Å². The van der Waals surface area contributed by atoms with Crippen molar-refractivity contribution in [3.8, 4) is 11.5 Å². The number of carbonyl (C=O) groups excluding carboxylic acids is 1. The maximum Gasteiger partial charge on any atom is 0.207 e. The van der Waals surface area contributed by atoms with Crippen molar-refractivity contribution in [3.05, 3.63) is 23.3 Å². The molecule has 2 aliphatic rings. The highest BCUT2D eigenvalue weighted by Gasteiger charge is 2.48. The van der Waals surface area contributed by atoms with Crippen molar-refractivity contribution in [2.75, 3.05) is 0 Å². The second-order valence-electron chi connectivity index (χ2n) is 10.3. The van der Waals surface area contributed by atoms with Gasteiger partial charge in [0.25, 0.3) is 0 Å². The average molecular weight is 402 g/mol. The molecule has 1 amide bonds. The van der Waals surface area contributed by atoms with Crippen LogP contribution in [0.5, 0.6) is 11.5 Å². The second-order valence-corrected chi connectivity index (χ2v) is 10.3. The first-order chi connectivity index (χ1) is 13.7. The fourth-order valence-corrected chi connectivity index (χ4v) is 5.53. The summed E-state index contributed by atoms with van der Waals surface area (Å²) in [6.45, 7) is 11.1. The first-order valence-corrected chi connectivity index (χ1v) is 11.5. The van der Waals surface area contributed by atoms with E-state index in [4.69, 9.17) is 4.74 Å². The van der Waals surface area contributed by atoms with Crippen molar-refractivity contribution >= 4 is 6.41 Å². The van der Waals surface area contributed by atoms with E-state index in [0.29, 0.717) is 11.7 Å². The highest BCUT2D eigenvalue weighted by atomic mass is 16.5. The third-order valence-corrected chi connectivity index (χ3v) is 7.35. The molecule has 0 spiro atoms. The number of aromatic hydroxyl groups is 1. The van der Waals surface area contributed by atoms with Crippen LogP contribution in [-0.4, -0.2) is 23.2 Å². The number of rotatable bonds is 8. The van der Waals surface area contributed by atoms with Gasteiger partial charge in [0.05, 0.1) is 0 Å². The van der Waals surface area contributed by atoms with Crippen LogP contribution in [0.4, 0.5) is 0 Å². The van der Waals surface area contributed by atoms with Gasteiger partial charge in [-0.25, -0.2) is 0 Å². The van der Waals surface area contributed by atoms with Crippen molar-refractivity contribution in [3.63, 3.8) is 0 Å². The smallest absolute Gasteiger partial charge is 0.207 e. The molecule has 4 nitrogen and oxygen atoms in total. The second kappa shape index (κ2) is 8.57. The van der Waals surface area contributed by atoms with Crippen LogP contribution >= 0.6 is 0 Å². The van der Waals surface area contributed by atoms with Crippen molar-refractivity contribution < 1.29 is 14.6 Å². The molecule has 4 heteroatoms. The lowest BCUT2D eigenvalue weighted by Gasteiger charge is -2.49. The first-order valence-electron chi connectivity index (χ1n) is 11.5. The normalized spacial score (nSPS) is 25.5. The highest BCUT2D eigenvalue weighted by Crippen LogP contribution is 2.55. The monoisotopic (exact) mass is 401 g/mol. The number of phenolic OH excluding ortho intramolecular Hbond substituents is 1. The zero-order valence-electron chi connectivity index (χ0n) is 18.9. The van der Waals surface area contributed by atoms with Crippen molar-refractivity contribution in [1.82, 2.24) is 5.32 Å². The van der Waals surface area contributed by atoms with Crippen LogP contribution in [0.2, 0.25) is 0 Å². The predicted octanol–water partition coefficient (Wildman–Crippen LogP) is 5.81. The number of nitrogens with one attached hydrogen (secondary N) is 1. The minimum Gasteiger partial charge on any atom is -0.508 e. The Kier molecular flexibility index (Phi) is 6.50. The Morgan fingerprint density at radius 2 is 2.00 bits per heavy atom. The van der Waals surface area contributed by atoms with E-state index in [1.54, 1.807) is 0 Å². The van der Waals surface area contributed by atoms with Gasteiger partial charge in [0.1, 0.15) is 17.1 Å². The summed E-state index contributed by atoms with van der Waals surface area (Å²) < 4.78 is 6.49. The van der Waals surface area contributed by atoms with Gasteiger partial charge in [-0.1, -0.05) is 46.5 Å². The summed E-state index contributed by atoms with van der Waals surface area (Å²) in [6.07, 6.45) is 9.71. The molecule has 1 aromatic rings. The van der Waals surface area contributed by atoms with Gasteiger partial charge in [-0.2, -0.15) is 0 Å². The topological polar surface area (TPSA) is 58.6 Å². The van der Waals surface area contributed by atoms with Crippen LogP contribution in [0.3, 0.4) is 0 Å². The zero-order chi connectivity index (χ0) is 21.2. The summed E-state index contributed by atoms with van der Waals surface area (Å²) in [5.74, 6) is 1.75. The maximum atomic E-state index is 11.1. The van der Waals surface area contributed by atoms with Gasteiger partial charge in [-0.05, 0) is 68.6 Å². The summed E-state index contributed by atoms with van der Waals surface area (Å²) in [4.78, 5) is 11.0. The maximum absolute atomic E-state index is 11.1. The molecule has 1 heterocycles. The highest BCUT2D eigenvalue weighted by molar-refractivity contribution is 5.54. The van der Waals surface area contributed by atoms with Crippen LogP contribution in [0.25, 0.3) is 0 Å². The fraction of sp³-hybridized carbons (Fsp3) is 0.720. The third kappa shape index (κ3) is 4.57. The number of hydrogen-bond acceptors (Lipinski definition) is 3. The van der Waals surface area contributed by atoms with Gasteiger partial charge in [0, 0.05) is 17.5 Å². The number of amides is 1. The van der Waals surface area contributed by atoms with Crippen molar-refractivity contribution in [2.24, 2.45) is 5.92 Å². The Labute approximate surface area is 176 Å². The molecular weight excluding hydrogens is 362 g/mol. The van der Waals surface area contributed by atoms with Gasteiger partial charge in [0.15, 0.2) is 0 Å². The summed E-state index contributed by atoms with van der Waals surface area (Å²) in [5, 5.41) is 14.0. The van der Waals surface area contributed by atoms with Crippen LogP contribution < -0.4 is 10.1 Å². The quantitative estimate of drug-likeness (QED) is 0.427. The largest absolute Gasteiger partial charge is 0.508 e. The molecular formula is C25H39NO3. The number of unbranched alkanes of at least 4 members (excludes halogenated alkanes) is 3. The third-order valence-electron chi connectivity index (χ3n) is 7.35. The zero-order valence-corrected chi connectivity index (χ0v) is 18.9. The number of ether oxygens (including phenoxy) is 1. The molecule has 162 valence electrons. The summed E-state index contributed by atoms with van der Waals surface area (Å²) in [7, 11) is 0. The van der Waals surface area contributed by atoms with Crippen LogP contribution in [0, 0.1) is 5.92 Å². The molecule has 1 saturated carbocycles. The minimum absolute atomic E-state index is 0.00121. The molecule has 0 radical (unpaired) electrons. The fourth-order valence-electron chi connectivity index (χ4n) is 5.53. The molecule has 29 heavy (non-hydrogen) atoms. The van der Waals surface area contributed by atoms with E-state index in [2.05, 4.69) is 46.0 Å². The van der Waals surface area contributed by atoms with Gasteiger partial charge < -0.3 is 15.2 Å². The molecule has 3 rings (SSSR count). The number of benzene rings is 1. The molecule has 1 aliphatic heterocycles. The Balaban J connectivity index is 1.91. The number of phenols is 1. The Morgan fingerprint density at radius 1 is 1.24 bits per heavy atom. The van der Waals surface area contributed by atoms with E-state index < -0.39 is 0 Å². The molecule has 1 fully saturated rings. The van der Waals surface area contributed by atoms with E-state index in [0.717, 1.165) is 49.0 Å². The Bertz CT molecular complexity index is 725.